The molecule has 0 unspecified atom stereocenters. The number of nitrogens with zero attached hydrogens (tertiary/aromatic N) is 6. The smallest absolute Gasteiger partial charge is 0.419 e. The second-order valence-corrected chi connectivity index (χ2v) is 12.7. The third kappa shape index (κ3) is 10.5. The number of carbonyl (C=O) groups excluding carboxylic acids is 1. The number of anilines is 2. The van der Waals surface area contributed by atoms with Gasteiger partial charge in [-0.1, -0.05) is 11.3 Å². The van der Waals surface area contributed by atoms with Crippen LogP contribution in [-0.4, -0.2) is 93.1 Å². The van der Waals surface area contributed by atoms with Crippen LogP contribution in [0.1, 0.15) is 61.0 Å². The molecule has 2 aliphatic heterocycles. The average molecular weight is 771 g/mol. The van der Waals surface area contributed by atoms with E-state index in [4.69, 9.17) is 9.84 Å². The lowest BCUT2D eigenvalue weighted by atomic mass is 10.1. The van der Waals surface area contributed by atoms with Crippen LogP contribution in [0, 0.1) is 0 Å². The lowest BCUT2D eigenvalue weighted by Crippen LogP contribution is -2.52. The van der Waals surface area contributed by atoms with Crippen LogP contribution in [-0.2, 0) is 17.5 Å². The summed E-state index contributed by atoms with van der Waals surface area (Å²) in [5, 5.41) is 12.0. The molecular formula is C31H41Cl3F3N7O4S. The van der Waals surface area contributed by atoms with Crippen LogP contribution >= 0.6 is 48.6 Å². The number of hydrogen-bond acceptors (Lipinski definition) is 10. The number of amides is 1. The van der Waals surface area contributed by atoms with Crippen LogP contribution in [0.5, 0.6) is 5.75 Å². The Labute approximate surface area is 305 Å². The number of halogens is 6. The third-order valence-corrected chi connectivity index (χ3v) is 9.29. The first kappa shape index (κ1) is 42.2. The van der Waals surface area contributed by atoms with Gasteiger partial charge in [0.25, 0.3) is 5.91 Å². The van der Waals surface area contributed by atoms with Crippen LogP contribution < -0.4 is 15.0 Å². The number of carboxylic acids is 1. The molecule has 0 radical (unpaired) electrons. The fraction of sp³-hybridized carbons (Fsp3) is 0.516. The number of piperazine rings is 1. The summed E-state index contributed by atoms with van der Waals surface area (Å²) < 4.78 is 47.1. The average Bonchev–Trinajstić information content (AvgIpc) is 3.61. The molecule has 2 saturated heterocycles. The Morgan fingerprint density at radius 2 is 1.84 bits per heavy atom. The van der Waals surface area contributed by atoms with Gasteiger partial charge in [-0.2, -0.15) is 13.2 Å². The highest BCUT2D eigenvalue weighted by Crippen LogP contribution is 2.41. The fourth-order valence-corrected chi connectivity index (χ4v) is 6.91. The molecule has 5 rings (SSSR count). The van der Waals surface area contributed by atoms with E-state index in [1.54, 1.807) is 13.0 Å². The number of rotatable bonds is 11. The summed E-state index contributed by atoms with van der Waals surface area (Å²) in [6, 6.07) is 4.33. The predicted octanol–water partition coefficient (Wildman–Crippen LogP) is 6.50. The standard InChI is InChI=1S/C31H38F3N7O4S.3ClH/c1-4-45-24-8-7-21(14-22(24)31(32,33)34)28-25(18-40-10-5-6-19(40)2)46-30(37-28)38-29(44)23-15-36-26(16-35-23)41-13-12-39(17-20(41)3)11-9-27(42)43;;;/h7-8,14-16,19-20H,4-6,9-13,17-18H2,1-3H3,(H,42,43)(H,37,38,44);3*1H/t19-,20-;;;/m1.../s1. The molecule has 0 spiro atoms. The summed E-state index contributed by atoms with van der Waals surface area (Å²) in [7, 11) is 0. The lowest BCUT2D eigenvalue weighted by molar-refractivity contribution is -0.139. The second kappa shape index (κ2) is 18.3. The van der Waals surface area contributed by atoms with Crippen LogP contribution in [0.15, 0.2) is 30.6 Å². The van der Waals surface area contributed by atoms with Gasteiger partial charge in [-0.15, -0.1) is 37.2 Å². The molecule has 2 N–H and O–H groups in total. The van der Waals surface area contributed by atoms with E-state index in [1.165, 1.54) is 29.8 Å². The topological polar surface area (TPSA) is 124 Å². The largest absolute Gasteiger partial charge is 0.493 e. The van der Waals surface area contributed by atoms with Crippen LogP contribution in [0.2, 0.25) is 0 Å². The number of aliphatic carboxylic acids is 1. The summed E-state index contributed by atoms with van der Waals surface area (Å²) in [6.07, 6.45) is 0.460. The highest BCUT2D eigenvalue weighted by atomic mass is 35.5. The molecule has 11 nitrogen and oxygen atoms in total. The van der Waals surface area contributed by atoms with Gasteiger partial charge in [0.1, 0.15) is 17.3 Å². The Kier molecular flexibility index (Phi) is 15.8. The highest BCUT2D eigenvalue weighted by molar-refractivity contribution is 7.16. The first-order valence-electron chi connectivity index (χ1n) is 15.3. The quantitative estimate of drug-likeness (QED) is 0.223. The number of hydrogen-bond donors (Lipinski definition) is 2. The van der Waals surface area contributed by atoms with Crippen molar-refractivity contribution in [3.8, 4) is 17.0 Å². The molecular weight excluding hydrogens is 730 g/mol. The van der Waals surface area contributed by atoms with Crippen molar-refractivity contribution in [2.75, 3.05) is 49.5 Å². The van der Waals surface area contributed by atoms with Crippen molar-refractivity contribution >= 4 is 71.4 Å². The summed E-state index contributed by atoms with van der Waals surface area (Å²) in [5.41, 5.74) is -0.137. The van der Waals surface area contributed by atoms with Gasteiger partial charge in [0.05, 0.1) is 36.7 Å². The number of carboxylic acid groups (broad SMARTS) is 1. The van der Waals surface area contributed by atoms with Crippen molar-refractivity contribution in [3.63, 3.8) is 0 Å². The molecule has 0 bridgehead atoms. The number of aromatic nitrogens is 3. The molecule has 0 saturated carbocycles. The molecule has 18 heteroatoms. The van der Waals surface area contributed by atoms with Gasteiger partial charge in [0.2, 0.25) is 0 Å². The first-order valence-corrected chi connectivity index (χ1v) is 16.2. The third-order valence-electron chi connectivity index (χ3n) is 8.33. The molecule has 2 aromatic heterocycles. The van der Waals surface area contributed by atoms with Crippen LogP contribution in [0.4, 0.5) is 24.1 Å². The predicted molar refractivity (Wildman–Crippen MR) is 190 cm³/mol. The van der Waals surface area contributed by atoms with Crippen molar-refractivity contribution in [1.29, 1.82) is 0 Å². The maximum Gasteiger partial charge on any atom is 0.419 e. The fourth-order valence-electron chi connectivity index (χ4n) is 5.91. The zero-order valence-electron chi connectivity index (χ0n) is 27.2. The minimum atomic E-state index is -4.62. The van der Waals surface area contributed by atoms with Crippen molar-refractivity contribution < 1.29 is 32.6 Å². The van der Waals surface area contributed by atoms with E-state index in [0.29, 0.717) is 50.3 Å². The summed E-state index contributed by atoms with van der Waals surface area (Å²) in [5.74, 6) is -0.993. The van der Waals surface area contributed by atoms with E-state index in [0.717, 1.165) is 30.3 Å². The van der Waals surface area contributed by atoms with E-state index < -0.39 is 23.6 Å². The van der Waals surface area contributed by atoms with Crippen LogP contribution in [0.25, 0.3) is 11.3 Å². The molecule has 0 aliphatic carbocycles. The Balaban J connectivity index is 0.00000278. The van der Waals surface area contributed by atoms with Gasteiger partial charge in [0, 0.05) is 55.2 Å². The summed E-state index contributed by atoms with van der Waals surface area (Å²) in [4.78, 5) is 44.7. The van der Waals surface area contributed by atoms with E-state index in [-0.39, 0.29) is 78.4 Å². The SMILES string of the molecule is CCOc1ccc(-c2nc(NC(=O)c3cnc(N4CCN(CCC(=O)O)C[C@H]4C)cn3)sc2CN2CCC[C@H]2C)cc1C(F)(F)F.Cl.Cl.Cl. The lowest BCUT2D eigenvalue weighted by Gasteiger charge is -2.40. The molecule has 2 fully saturated rings. The first-order chi connectivity index (χ1) is 21.9. The van der Waals surface area contributed by atoms with Gasteiger partial charge in [0.15, 0.2) is 5.13 Å². The number of carbonyl (C=O) groups is 2. The molecule has 4 heterocycles. The Bertz CT molecular complexity index is 1550. The Hall–Kier alpha value is -2.95. The highest BCUT2D eigenvalue weighted by Gasteiger charge is 2.35. The van der Waals surface area contributed by atoms with Crippen molar-refractivity contribution in [2.24, 2.45) is 0 Å². The zero-order chi connectivity index (χ0) is 33.0. The molecule has 272 valence electrons. The zero-order valence-corrected chi connectivity index (χ0v) is 30.5. The van der Waals surface area contributed by atoms with Crippen molar-refractivity contribution in [3.05, 3.63) is 46.7 Å². The Morgan fingerprint density at radius 1 is 1.08 bits per heavy atom. The number of likely N-dealkylation sites (tertiary alicyclic amines) is 1. The molecule has 1 aromatic carbocycles. The second-order valence-electron chi connectivity index (χ2n) is 11.6. The Morgan fingerprint density at radius 3 is 2.43 bits per heavy atom. The van der Waals surface area contributed by atoms with Gasteiger partial charge in [-0.3, -0.25) is 24.7 Å². The van der Waals surface area contributed by atoms with Crippen molar-refractivity contribution in [2.45, 2.75) is 64.8 Å². The van der Waals surface area contributed by atoms with E-state index in [9.17, 15) is 22.8 Å². The minimum absolute atomic E-state index is 0. The molecule has 3 aromatic rings. The molecule has 49 heavy (non-hydrogen) atoms. The molecule has 2 aliphatic rings. The van der Waals surface area contributed by atoms with E-state index in [2.05, 4.69) is 41.9 Å². The van der Waals surface area contributed by atoms with E-state index in [1.807, 2.05) is 6.92 Å². The number of alkyl halides is 3. The maximum atomic E-state index is 14.0. The normalized spacial score (nSPS) is 18.2. The van der Waals surface area contributed by atoms with Crippen LogP contribution in [0.3, 0.4) is 0 Å². The van der Waals surface area contributed by atoms with Gasteiger partial charge in [-0.25, -0.2) is 15.0 Å². The van der Waals surface area contributed by atoms with Gasteiger partial charge in [-0.05, 0) is 58.4 Å². The van der Waals surface area contributed by atoms with Gasteiger partial charge >= 0.3 is 12.1 Å². The molecule has 2 atom stereocenters. The minimum Gasteiger partial charge on any atom is -0.493 e. The molecule has 1 amide bonds. The maximum absolute atomic E-state index is 14.0. The number of thiazole rings is 1. The van der Waals surface area contributed by atoms with E-state index >= 15 is 0 Å². The van der Waals surface area contributed by atoms with Gasteiger partial charge < -0.3 is 14.7 Å². The summed E-state index contributed by atoms with van der Waals surface area (Å²) >= 11 is 1.23. The monoisotopic (exact) mass is 769 g/mol. The number of benzene rings is 1. The number of ether oxygens (including phenoxy) is 1. The summed E-state index contributed by atoms with van der Waals surface area (Å²) in [6.45, 7) is 9.73. The van der Waals surface area contributed by atoms with Crippen molar-refractivity contribution in [1.82, 2.24) is 24.8 Å². The number of nitrogens with one attached hydrogen (secondary N) is 1.